The molecule has 6 nitrogen and oxygen atoms in total. The van der Waals surface area contributed by atoms with Gasteiger partial charge in [0.15, 0.2) is 0 Å². The molecule has 0 saturated heterocycles. The fraction of sp³-hybridized carbons (Fsp3) is 0.100. The number of nitro groups is 1. The number of nitrogens with zero attached hydrogens (tertiary/aromatic N) is 3. The summed E-state index contributed by atoms with van der Waals surface area (Å²) in [6.45, 7) is 0.480. The summed E-state index contributed by atoms with van der Waals surface area (Å²) in [6.07, 6.45) is 2.80. The molecule has 0 radical (unpaired) electrons. The minimum atomic E-state index is -0.523. The van der Waals surface area contributed by atoms with E-state index in [1.165, 1.54) is 12.5 Å². The highest BCUT2D eigenvalue weighted by Crippen LogP contribution is 2.14. The van der Waals surface area contributed by atoms with Gasteiger partial charge in [0, 0.05) is 5.69 Å². The summed E-state index contributed by atoms with van der Waals surface area (Å²) in [4.78, 5) is 13.6. The van der Waals surface area contributed by atoms with Crippen LogP contribution in [0.3, 0.4) is 0 Å². The number of anilines is 1. The fourth-order valence-electron chi connectivity index (χ4n) is 1.40. The van der Waals surface area contributed by atoms with Gasteiger partial charge >= 0.3 is 5.82 Å². The van der Waals surface area contributed by atoms with Gasteiger partial charge in [-0.3, -0.25) is 0 Å². The third-order valence-corrected chi connectivity index (χ3v) is 2.21. The molecule has 6 heteroatoms. The summed E-state index contributed by atoms with van der Waals surface area (Å²) < 4.78 is 1.63. The number of aromatic nitrogens is 2. The molecule has 0 bridgehead atoms. The number of imidazole rings is 1. The molecule has 0 unspecified atom stereocenters. The van der Waals surface area contributed by atoms with Crippen molar-refractivity contribution in [3.63, 3.8) is 0 Å². The Bertz CT molecular complexity index is 521. The lowest BCUT2D eigenvalue weighted by atomic mass is 10.2. The summed E-state index contributed by atoms with van der Waals surface area (Å²) in [5, 5.41) is 10.4. The molecule has 2 rings (SSSR count). The van der Waals surface area contributed by atoms with Gasteiger partial charge in [-0.2, -0.15) is 0 Å². The van der Waals surface area contributed by atoms with Crippen LogP contribution in [0.2, 0.25) is 0 Å². The van der Waals surface area contributed by atoms with Crippen molar-refractivity contribution in [3.05, 3.63) is 52.5 Å². The van der Waals surface area contributed by atoms with Crippen LogP contribution in [-0.2, 0) is 6.54 Å². The highest BCUT2D eigenvalue weighted by Gasteiger charge is 2.10. The molecule has 2 N–H and O–H groups in total. The maximum atomic E-state index is 10.4. The van der Waals surface area contributed by atoms with E-state index in [2.05, 4.69) is 4.98 Å². The van der Waals surface area contributed by atoms with E-state index in [1.807, 2.05) is 18.2 Å². The predicted molar refractivity (Wildman–Crippen MR) is 58.8 cm³/mol. The van der Waals surface area contributed by atoms with Crippen molar-refractivity contribution in [1.82, 2.24) is 9.55 Å². The molecule has 0 saturated carbocycles. The van der Waals surface area contributed by atoms with E-state index in [4.69, 9.17) is 5.73 Å². The van der Waals surface area contributed by atoms with Crippen LogP contribution in [0.5, 0.6) is 0 Å². The minimum Gasteiger partial charge on any atom is -0.398 e. The van der Waals surface area contributed by atoms with Crippen LogP contribution in [0, 0.1) is 10.1 Å². The van der Waals surface area contributed by atoms with Crippen molar-refractivity contribution in [2.75, 3.05) is 5.73 Å². The molecule has 0 amide bonds. The molecule has 82 valence electrons. The molecule has 1 aromatic heterocycles. The van der Waals surface area contributed by atoms with E-state index in [0.717, 1.165) is 5.56 Å². The average molecular weight is 218 g/mol. The number of hydrogen-bond acceptors (Lipinski definition) is 4. The minimum absolute atomic E-state index is 0.158. The van der Waals surface area contributed by atoms with Crippen molar-refractivity contribution < 1.29 is 4.92 Å². The molecular formula is C10H10N4O2. The van der Waals surface area contributed by atoms with Crippen LogP contribution in [0.25, 0.3) is 0 Å². The first-order chi connectivity index (χ1) is 7.66. The summed E-state index contributed by atoms with van der Waals surface area (Å²) in [6, 6.07) is 7.38. The number of nitrogens with two attached hydrogens (primary N) is 1. The molecular weight excluding hydrogens is 208 g/mol. The topological polar surface area (TPSA) is 87.0 Å². The SMILES string of the molecule is Nc1ccccc1Cn1cnc([N+](=O)[O-])c1. The smallest absolute Gasteiger partial charge is 0.381 e. The molecule has 1 aromatic carbocycles. The molecule has 1 heterocycles. The van der Waals surface area contributed by atoms with Crippen molar-refractivity contribution in [1.29, 1.82) is 0 Å². The summed E-state index contributed by atoms with van der Waals surface area (Å²) in [5.41, 5.74) is 7.34. The van der Waals surface area contributed by atoms with E-state index in [1.54, 1.807) is 10.6 Å². The normalized spacial score (nSPS) is 10.2. The largest absolute Gasteiger partial charge is 0.398 e. The second-order valence-corrected chi connectivity index (χ2v) is 3.36. The van der Waals surface area contributed by atoms with Gasteiger partial charge in [0.2, 0.25) is 6.33 Å². The third kappa shape index (κ3) is 2.00. The van der Waals surface area contributed by atoms with Gasteiger partial charge in [0.25, 0.3) is 0 Å². The Kier molecular flexibility index (Phi) is 2.55. The van der Waals surface area contributed by atoms with Crippen LogP contribution in [-0.4, -0.2) is 14.5 Å². The molecule has 0 aliphatic heterocycles. The summed E-state index contributed by atoms with van der Waals surface area (Å²) >= 11 is 0. The Labute approximate surface area is 91.5 Å². The van der Waals surface area contributed by atoms with Crippen LogP contribution in [0.15, 0.2) is 36.8 Å². The second kappa shape index (κ2) is 4.01. The van der Waals surface area contributed by atoms with Crippen molar-refractivity contribution in [2.45, 2.75) is 6.54 Å². The van der Waals surface area contributed by atoms with Crippen LogP contribution < -0.4 is 5.73 Å². The van der Waals surface area contributed by atoms with Gasteiger partial charge in [0.1, 0.15) is 6.20 Å². The summed E-state index contributed by atoms with van der Waals surface area (Å²) in [7, 11) is 0. The maximum Gasteiger partial charge on any atom is 0.381 e. The van der Waals surface area contributed by atoms with E-state index < -0.39 is 4.92 Å². The fourth-order valence-corrected chi connectivity index (χ4v) is 1.40. The summed E-state index contributed by atoms with van der Waals surface area (Å²) in [5.74, 6) is -0.158. The first-order valence-corrected chi connectivity index (χ1v) is 4.66. The van der Waals surface area contributed by atoms with Gasteiger partial charge in [0.05, 0.1) is 6.54 Å². The number of rotatable bonds is 3. The number of benzene rings is 1. The monoisotopic (exact) mass is 218 g/mol. The van der Waals surface area contributed by atoms with E-state index in [0.29, 0.717) is 12.2 Å². The number of nitrogen functional groups attached to an aromatic ring is 1. The highest BCUT2D eigenvalue weighted by atomic mass is 16.6. The lowest BCUT2D eigenvalue weighted by molar-refractivity contribution is -0.389. The molecule has 0 atom stereocenters. The quantitative estimate of drug-likeness (QED) is 0.479. The Balaban J connectivity index is 2.21. The van der Waals surface area contributed by atoms with E-state index in [9.17, 15) is 10.1 Å². The van der Waals surface area contributed by atoms with Gasteiger partial charge in [-0.25, -0.2) is 0 Å². The lowest BCUT2D eigenvalue weighted by Crippen LogP contribution is -2.00. The van der Waals surface area contributed by atoms with Crippen LogP contribution >= 0.6 is 0 Å². The number of hydrogen-bond donors (Lipinski definition) is 1. The second-order valence-electron chi connectivity index (χ2n) is 3.36. The Morgan fingerprint density at radius 1 is 1.44 bits per heavy atom. The van der Waals surface area contributed by atoms with E-state index in [-0.39, 0.29) is 5.82 Å². The molecule has 2 aromatic rings. The van der Waals surface area contributed by atoms with Crippen molar-refractivity contribution in [2.24, 2.45) is 0 Å². The molecule has 16 heavy (non-hydrogen) atoms. The zero-order valence-corrected chi connectivity index (χ0v) is 8.41. The molecule has 0 aliphatic rings. The zero-order chi connectivity index (χ0) is 11.5. The van der Waals surface area contributed by atoms with Crippen molar-refractivity contribution >= 4 is 11.5 Å². The Morgan fingerprint density at radius 3 is 2.81 bits per heavy atom. The zero-order valence-electron chi connectivity index (χ0n) is 8.41. The van der Waals surface area contributed by atoms with Gasteiger partial charge < -0.3 is 20.4 Å². The van der Waals surface area contributed by atoms with Crippen LogP contribution in [0.4, 0.5) is 11.5 Å². The standard InChI is InChI=1S/C10H10N4O2/c11-9-4-2-1-3-8(9)5-13-6-10(12-7-13)14(15)16/h1-4,6-7H,5,11H2. The highest BCUT2D eigenvalue weighted by molar-refractivity contribution is 5.46. The lowest BCUT2D eigenvalue weighted by Gasteiger charge is -2.04. The molecule has 0 aliphatic carbocycles. The van der Waals surface area contributed by atoms with Crippen LogP contribution in [0.1, 0.15) is 5.56 Å². The number of para-hydroxylation sites is 1. The Morgan fingerprint density at radius 2 is 2.19 bits per heavy atom. The van der Waals surface area contributed by atoms with Gasteiger partial charge in [-0.15, -0.1) is 0 Å². The van der Waals surface area contributed by atoms with Gasteiger partial charge in [-0.05, 0) is 21.5 Å². The third-order valence-electron chi connectivity index (χ3n) is 2.21. The first kappa shape index (κ1) is 10.2. The molecule has 0 fully saturated rings. The Hall–Kier alpha value is -2.37. The molecule has 0 spiro atoms. The van der Waals surface area contributed by atoms with Gasteiger partial charge in [-0.1, -0.05) is 18.2 Å². The van der Waals surface area contributed by atoms with E-state index >= 15 is 0 Å². The maximum absolute atomic E-state index is 10.4. The first-order valence-electron chi connectivity index (χ1n) is 4.66. The van der Waals surface area contributed by atoms with Crippen molar-refractivity contribution in [3.8, 4) is 0 Å². The predicted octanol–water partition coefficient (Wildman–Crippen LogP) is 1.42. The average Bonchev–Trinajstić information content (AvgIpc) is 2.70.